The van der Waals surface area contributed by atoms with Crippen LogP contribution in [0, 0.1) is 0 Å². The summed E-state index contributed by atoms with van der Waals surface area (Å²) >= 11 is 0. The van der Waals surface area contributed by atoms with Gasteiger partial charge in [-0.05, 0) is 31.4 Å². The van der Waals surface area contributed by atoms with Crippen LogP contribution in [0.5, 0.6) is 11.5 Å². The molecule has 1 aliphatic rings. The Labute approximate surface area is 78.5 Å². The Bertz CT molecular complexity index is 307. The lowest BCUT2D eigenvalue weighted by Crippen LogP contribution is -2.18. The number of hydrogen-bond donors (Lipinski definition) is 0. The fourth-order valence-electron chi connectivity index (χ4n) is 1.61. The lowest BCUT2D eigenvalue weighted by molar-refractivity contribution is 0.191. The third-order valence-electron chi connectivity index (χ3n) is 2.42. The van der Waals surface area contributed by atoms with Crippen LogP contribution in [0.3, 0.4) is 0 Å². The zero-order valence-corrected chi connectivity index (χ0v) is 8.04. The summed E-state index contributed by atoms with van der Waals surface area (Å²) in [6, 6.07) is 6.03. The van der Waals surface area contributed by atoms with Crippen molar-refractivity contribution < 1.29 is 9.47 Å². The van der Waals surface area contributed by atoms with Gasteiger partial charge < -0.3 is 9.47 Å². The van der Waals surface area contributed by atoms with Crippen molar-refractivity contribution >= 4 is 0 Å². The summed E-state index contributed by atoms with van der Waals surface area (Å²) in [5.74, 6) is 1.85. The number of methoxy groups -OCH3 is 1. The summed E-state index contributed by atoms with van der Waals surface area (Å²) in [7, 11) is 1.67. The SMILES string of the molecule is COc1ccc2c(c1)OC(C)CC2. The Kier molecular flexibility index (Phi) is 2.13. The number of aryl methyl sites for hydroxylation is 1. The van der Waals surface area contributed by atoms with Crippen LogP contribution in [0.2, 0.25) is 0 Å². The van der Waals surface area contributed by atoms with Gasteiger partial charge in [-0.3, -0.25) is 0 Å². The maximum absolute atomic E-state index is 5.69. The molecule has 13 heavy (non-hydrogen) atoms. The van der Waals surface area contributed by atoms with Crippen molar-refractivity contribution in [1.29, 1.82) is 0 Å². The standard InChI is InChI=1S/C11H14O2/c1-8-3-4-9-5-6-10(12-2)7-11(9)13-8/h5-8H,3-4H2,1-2H3. The van der Waals surface area contributed by atoms with Crippen molar-refractivity contribution in [3.8, 4) is 11.5 Å². The van der Waals surface area contributed by atoms with E-state index in [1.54, 1.807) is 7.11 Å². The maximum Gasteiger partial charge on any atom is 0.126 e. The molecule has 0 aromatic heterocycles. The second-order valence-electron chi connectivity index (χ2n) is 3.44. The molecule has 0 saturated carbocycles. The lowest BCUT2D eigenvalue weighted by Gasteiger charge is -2.23. The zero-order chi connectivity index (χ0) is 9.26. The minimum Gasteiger partial charge on any atom is -0.497 e. The largest absolute Gasteiger partial charge is 0.497 e. The molecule has 0 radical (unpaired) electrons. The van der Waals surface area contributed by atoms with E-state index >= 15 is 0 Å². The van der Waals surface area contributed by atoms with Gasteiger partial charge in [0.2, 0.25) is 0 Å². The topological polar surface area (TPSA) is 18.5 Å². The van der Waals surface area contributed by atoms with Gasteiger partial charge in [-0.15, -0.1) is 0 Å². The Morgan fingerprint density at radius 1 is 1.46 bits per heavy atom. The average Bonchev–Trinajstić information content (AvgIpc) is 2.16. The summed E-state index contributed by atoms with van der Waals surface area (Å²) in [6.07, 6.45) is 2.56. The quantitative estimate of drug-likeness (QED) is 0.657. The van der Waals surface area contributed by atoms with E-state index in [2.05, 4.69) is 13.0 Å². The Morgan fingerprint density at radius 2 is 2.31 bits per heavy atom. The summed E-state index contributed by atoms with van der Waals surface area (Å²) < 4.78 is 10.8. The first kappa shape index (κ1) is 8.42. The molecular weight excluding hydrogens is 164 g/mol. The van der Waals surface area contributed by atoms with Crippen molar-refractivity contribution in [2.45, 2.75) is 25.9 Å². The predicted molar refractivity (Wildman–Crippen MR) is 51.4 cm³/mol. The fraction of sp³-hybridized carbons (Fsp3) is 0.455. The van der Waals surface area contributed by atoms with Crippen LogP contribution in [0.1, 0.15) is 18.9 Å². The molecule has 0 spiro atoms. The van der Waals surface area contributed by atoms with Crippen molar-refractivity contribution in [2.75, 3.05) is 7.11 Å². The van der Waals surface area contributed by atoms with E-state index in [9.17, 15) is 0 Å². The van der Waals surface area contributed by atoms with E-state index in [1.165, 1.54) is 5.56 Å². The van der Waals surface area contributed by atoms with Gasteiger partial charge in [0.15, 0.2) is 0 Å². The number of rotatable bonds is 1. The molecule has 1 heterocycles. The van der Waals surface area contributed by atoms with Crippen LogP contribution in [-0.2, 0) is 6.42 Å². The molecule has 1 aromatic rings. The third kappa shape index (κ3) is 1.62. The molecule has 2 nitrogen and oxygen atoms in total. The van der Waals surface area contributed by atoms with Crippen LogP contribution in [0.15, 0.2) is 18.2 Å². The van der Waals surface area contributed by atoms with Gasteiger partial charge in [0.05, 0.1) is 13.2 Å². The number of benzene rings is 1. The third-order valence-corrected chi connectivity index (χ3v) is 2.42. The molecule has 2 heteroatoms. The molecule has 1 aliphatic heterocycles. The Balaban J connectivity index is 2.32. The first-order chi connectivity index (χ1) is 6.29. The molecule has 0 N–H and O–H groups in total. The van der Waals surface area contributed by atoms with E-state index < -0.39 is 0 Å². The molecule has 70 valence electrons. The second kappa shape index (κ2) is 3.29. The van der Waals surface area contributed by atoms with E-state index in [4.69, 9.17) is 9.47 Å². The van der Waals surface area contributed by atoms with Crippen molar-refractivity contribution in [3.63, 3.8) is 0 Å². The average molecular weight is 178 g/mol. The smallest absolute Gasteiger partial charge is 0.126 e. The van der Waals surface area contributed by atoms with Crippen molar-refractivity contribution in [3.05, 3.63) is 23.8 Å². The molecule has 0 fully saturated rings. The first-order valence-electron chi connectivity index (χ1n) is 4.63. The van der Waals surface area contributed by atoms with E-state index in [0.717, 1.165) is 24.3 Å². The van der Waals surface area contributed by atoms with E-state index in [0.29, 0.717) is 6.10 Å². The van der Waals surface area contributed by atoms with Crippen LogP contribution >= 0.6 is 0 Å². The zero-order valence-electron chi connectivity index (χ0n) is 8.04. The highest BCUT2D eigenvalue weighted by molar-refractivity contribution is 5.41. The van der Waals surface area contributed by atoms with Crippen molar-refractivity contribution in [2.24, 2.45) is 0 Å². The summed E-state index contributed by atoms with van der Waals surface area (Å²) in [5, 5.41) is 0. The minimum atomic E-state index is 0.333. The van der Waals surface area contributed by atoms with Gasteiger partial charge in [-0.1, -0.05) is 6.07 Å². The highest BCUT2D eigenvalue weighted by Gasteiger charge is 2.15. The molecule has 0 aliphatic carbocycles. The summed E-state index contributed by atoms with van der Waals surface area (Å²) in [5.41, 5.74) is 1.29. The lowest BCUT2D eigenvalue weighted by atomic mass is 10.0. The fourth-order valence-corrected chi connectivity index (χ4v) is 1.61. The normalized spacial score (nSPS) is 20.3. The predicted octanol–water partition coefficient (Wildman–Crippen LogP) is 2.41. The summed E-state index contributed by atoms with van der Waals surface area (Å²) in [4.78, 5) is 0. The molecule has 0 bridgehead atoms. The molecule has 1 atom stereocenters. The van der Waals surface area contributed by atoms with Crippen LogP contribution in [-0.4, -0.2) is 13.2 Å². The molecule has 2 rings (SSSR count). The Morgan fingerprint density at radius 3 is 3.08 bits per heavy atom. The van der Waals surface area contributed by atoms with Crippen LogP contribution in [0.4, 0.5) is 0 Å². The summed E-state index contributed by atoms with van der Waals surface area (Å²) in [6.45, 7) is 2.10. The maximum atomic E-state index is 5.69. The number of hydrogen-bond acceptors (Lipinski definition) is 2. The van der Waals surface area contributed by atoms with Gasteiger partial charge in [-0.2, -0.15) is 0 Å². The van der Waals surface area contributed by atoms with Crippen LogP contribution in [0.25, 0.3) is 0 Å². The van der Waals surface area contributed by atoms with E-state index in [1.807, 2.05) is 12.1 Å². The first-order valence-corrected chi connectivity index (χ1v) is 4.63. The number of ether oxygens (including phenoxy) is 2. The van der Waals surface area contributed by atoms with Gasteiger partial charge in [0.25, 0.3) is 0 Å². The van der Waals surface area contributed by atoms with Gasteiger partial charge in [0.1, 0.15) is 11.5 Å². The van der Waals surface area contributed by atoms with Gasteiger partial charge >= 0.3 is 0 Å². The van der Waals surface area contributed by atoms with Crippen LogP contribution < -0.4 is 9.47 Å². The van der Waals surface area contributed by atoms with Crippen molar-refractivity contribution in [1.82, 2.24) is 0 Å². The molecule has 0 saturated heterocycles. The monoisotopic (exact) mass is 178 g/mol. The number of fused-ring (bicyclic) bond motifs is 1. The molecular formula is C11H14O2. The van der Waals surface area contributed by atoms with Gasteiger partial charge in [0, 0.05) is 6.07 Å². The van der Waals surface area contributed by atoms with E-state index in [-0.39, 0.29) is 0 Å². The molecule has 1 aromatic carbocycles. The van der Waals surface area contributed by atoms with Gasteiger partial charge in [-0.25, -0.2) is 0 Å². The minimum absolute atomic E-state index is 0.333. The molecule has 0 amide bonds. The molecule has 1 unspecified atom stereocenters. The highest BCUT2D eigenvalue weighted by Crippen LogP contribution is 2.30. The highest BCUT2D eigenvalue weighted by atomic mass is 16.5. The second-order valence-corrected chi connectivity index (χ2v) is 3.44. The Hall–Kier alpha value is -1.18.